The number of benzene rings is 1. The maximum absolute atomic E-state index is 12.2. The summed E-state index contributed by atoms with van der Waals surface area (Å²) in [5.74, 6) is 0.578. The summed E-state index contributed by atoms with van der Waals surface area (Å²) in [5, 5.41) is 2.28. The Bertz CT molecular complexity index is 578. The normalized spacial score (nSPS) is 10.3. The SMILES string of the molecule is COc1ccc(C)cc1C(=O)Cc1csc(N)n1. The van der Waals surface area contributed by atoms with E-state index in [2.05, 4.69) is 4.98 Å². The second kappa shape index (κ2) is 5.18. The van der Waals surface area contributed by atoms with Crippen LogP contribution in [0, 0.1) is 6.92 Å². The van der Waals surface area contributed by atoms with Crippen LogP contribution in [0.4, 0.5) is 5.13 Å². The third kappa shape index (κ3) is 2.68. The molecule has 1 aromatic heterocycles. The zero-order valence-corrected chi connectivity index (χ0v) is 11.1. The third-order valence-electron chi connectivity index (χ3n) is 2.57. The number of aromatic nitrogens is 1. The van der Waals surface area contributed by atoms with Gasteiger partial charge < -0.3 is 10.5 Å². The van der Waals surface area contributed by atoms with Gasteiger partial charge in [-0.05, 0) is 19.1 Å². The van der Waals surface area contributed by atoms with Crippen LogP contribution >= 0.6 is 11.3 Å². The molecule has 5 heteroatoms. The van der Waals surface area contributed by atoms with Crippen LogP contribution in [-0.4, -0.2) is 17.9 Å². The maximum Gasteiger partial charge on any atom is 0.180 e. The van der Waals surface area contributed by atoms with Gasteiger partial charge in [-0.15, -0.1) is 11.3 Å². The highest BCUT2D eigenvalue weighted by Gasteiger charge is 2.14. The molecule has 2 rings (SSSR count). The highest BCUT2D eigenvalue weighted by Crippen LogP contribution is 2.22. The number of nitrogens with zero attached hydrogens (tertiary/aromatic N) is 1. The minimum atomic E-state index is -0.0131. The second-order valence-electron chi connectivity index (χ2n) is 3.98. The summed E-state index contributed by atoms with van der Waals surface area (Å²) in [6.07, 6.45) is 0.244. The van der Waals surface area contributed by atoms with Gasteiger partial charge in [0.2, 0.25) is 0 Å². The summed E-state index contributed by atoms with van der Waals surface area (Å²) in [4.78, 5) is 16.3. The smallest absolute Gasteiger partial charge is 0.180 e. The first kappa shape index (κ1) is 12.6. The zero-order chi connectivity index (χ0) is 13.1. The van der Waals surface area contributed by atoms with Crippen molar-refractivity contribution >= 4 is 22.3 Å². The quantitative estimate of drug-likeness (QED) is 0.860. The highest BCUT2D eigenvalue weighted by molar-refractivity contribution is 7.13. The molecule has 0 atom stereocenters. The first-order chi connectivity index (χ1) is 8.60. The van der Waals surface area contributed by atoms with Crippen molar-refractivity contribution in [3.8, 4) is 5.75 Å². The van der Waals surface area contributed by atoms with E-state index in [9.17, 15) is 4.79 Å². The van der Waals surface area contributed by atoms with Crippen molar-refractivity contribution in [2.45, 2.75) is 13.3 Å². The van der Waals surface area contributed by atoms with Crippen molar-refractivity contribution in [3.05, 3.63) is 40.4 Å². The number of hydrogen-bond donors (Lipinski definition) is 1. The molecule has 0 aliphatic rings. The van der Waals surface area contributed by atoms with E-state index in [1.165, 1.54) is 11.3 Å². The molecule has 0 aliphatic carbocycles. The second-order valence-corrected chi connectivity index (χ2v) is 4.87. The summed E-state index contributed by atoms with van der Waals surface area (Å²) in [6, 6.07) is 5.55. The average Bonchev–Trinajstić information content (AvgIpc) is 2.74. The molecule has 0 bridgehead atoms. The molecule has 0 saturated carbocycles. The van der Waals surface area contributed by atoms with Gasteiger partial charge in [-0.3, -0.25) is 4.79 Å². The van der Waals surface area contributed by atoms with Gasteiger partial charge >= 0.3 is 0 Å². The number of methoxy groups -OCH3 is 1. The number of carbonyl (C=O) groups is 1. The van der Waals surface area contributed by atoms with Crippen LogP contribution in [0.3, 0.4) is 0 Å². The Labute approximate surface area is 109 Å². The monoisotopic (exact) mass is 262 g/mol. The third-order valence-corrected chi connectivity index (χ3v) is 3.29. The van der Waals surface area contributed by atoms with Crippen LogP contribution in [0.25, 0.3) is 0 Å². The standard InChI is InChI=1S/C13H14N2O2S/c1-8-3-4-12(17-2)10(5-8)11(16)6-9-7-18-13(14)15-9/h3-5,7H,6H2,1-2H3,(H2,14,15). The highest BCUT2D eigenvalue weighted by atomic mass is 32.1. The summed E-state index contributed by atoms with van der Waals surface area (Å²) < 4.78 is 5.20. The number of hydrogen-bond acceptors (Lipinski definition) is 5. The molecule has 94 valence electrons. The van der Waals surface area contributed by atoms with E-state index in [1.54, 1.807) is 18.6 Å². The van der Waals surface area contributed by atoms with E-state index in [0.29, 0.717) is 22.1 Å². The fraction of sp³-hybridized carbons (Fsp3) is 0.231. The Morgan fingerprint density at radius 2 is 2.28 bits per heavy atom. The number of carbonyl (C=O) groups excluding carboxylic acids is 1. The van der Waals surface area contributed by atoms with Crippen LogP contribution < -0.4 is 10.5 Å². The number of nitrogens with two attached hydrogens (primary N) is 1. The van der Waals surface area contributed by atoms with E-state index in [0.717, 1.165) is 5.56 Å². The van der Waals surface area contributed by atoms with E-state index >= 15 is 0 Å². The number of ketones is 1. The molecule has 0 fully saturated rings. The summed E-state index contributed by atoms with van der Waals surface area (Å²) in [7, 11) is 1.56. The average molecular weight is 262 g/mol. The molecule has 2 N–H and O–H groups in total. The fourth-order valence-electron chi connectivity index (χ4n) is 1.70. The number of thiazole rings is 1. The van der Waals surface area contributed by atoms with Crippen molar-refractivity contribution < 1.29 is 9.53 Å². The van der Waals surface area contributed by atoms with Gasteiger partial charge in [0.25, 0.3) is 0 Å². The van der Waals surface area contributed by atoms with Gasteiger partial charge in [0.1, 0.15) is 5.75 Å². The predicted molar refractivity (Wildman–Crippen MR) is 72.3 cm³/mol. The van der Waals surface area contributed by atoms with E-state index in [-0.39, 0.29) is 12.2 Å². The number of aryl methyl sites for hydroxylation is 1. The predicted octanol–water partition coefficient (Wildman–Crippen LogP) is 2.47. The summed E-state index contributed by atoms with van der Waals surface area (Å²) >= 11 is 1.34. The molecule has 1 heterocycles. The van der Waals surface area contributed by atoms with Crippen LogP contribution in [-0.2, 0) is 6.42 Å². The lowest BCUT2D eigenvalue weighted by Crippen LogP contribution is -2.06. The Morgan fingerprint density at radius 3 is 2.89 bits per heavy atom. The van der Waals surface area contributed by atoms with Crippen molar-refractivity contribution in [2.75, 3.05) is 12.8 Å². The topological polar surface area (TPSA) is 65.2 Å². The lowest BCUT2D eigenvalue weighted by atomic mass is 10.0. The van der Waals surface area contributed by atoms with Gasteiger partial charge in [-0.2, -0.15) is 0 Å². The van der Waals surface area contributed by atoms with E-state index < -0.39 is 0 Å². The molecule has 1 aromatic carbocycles. The van der Waals surface area contributed by atoms with Crippen LogP contribution in [0.15, 0.2) is 23.6 Å². The van der Waals surface area contributed by atoms with Gasteiger partial charge in [0, 0.05) is 5.38 Å². The minimum absolute atomic E-state index is 0.0131. The Kier molecular flexibility index (Phi) is 3.62. The van der Waals surface area contributed by atoms with Crippen molar-refractivity contribution in [2.24, 2.45) is 0 Å². The Morgan fingerprint density at radius 1 is 1.50 bits per heavy atom. The van der Waals surface area contributed by atoms with Gasteiger partial charge in [-0.1, -0.05) is 11.6 Å². The first-order valence-corrected chi connectivity index (χ1v) is 6.36. The molecule has 0 spiro atoms. The molecule has 0 unspecified atom stereocenters. The molecule has 0 radical (unpaired) electrons. The van der Waals surface area contributed by atoms with Gasteiger partial charge in [0.15, 0.2) is 10.9 Å². The maximum atomic E-state index is 12.2. The lowest BCUT2D eigenvalue weighted by molar-refractivity contribution is 0.0989. The lowest BCUT2D eigenvalue weighted by Gasteiger charge is -2.07. The molecule has 4 nitrogen and oxygen atoms in total. The van der Waals surface area contributed by atoms with Crippen molar-refractivity contribution in [1.82, 2.24) is 4.98 Å². The van der Waals surface area contributed by atoms with E-state index in [1.807, 2.05) is 19.1 Å². The van der Waals surface area contributed by atoms with Crippen molar-refractivity contribution in [1.29, 1.82) is 0 Å². The number of nitrogen functional groups attached to an aromatic ring is 1. The number of ether oxygens (including phenoxy) is 1. The zero-order valence-electron chi connectivity index (χ0n) is 10.3. The Hall–Kier alpha value is -1.88. The molecule has 0 aliphatic heterocycles. The summed E-state index contributed by atoms with van der Waals surface area (Å²) in [6.45, 7) is 1.94. The minimum Gasteiger partial charge on any atom is -0.496 e. The molecule has 0 amide bonds. The first-order valence-electron chi connectivity index (χ1n) is 5.48. The number of rotatable bonds is 4. The molecule has 18 heavy (non-hydrogen) atoms. The molecule has 2 aromatic rings. The van der Waals surface area contributed by atoms with Crippen molar-refractivity contribution in [3.63, 3.8) is 0 Å². The van der Waals surface area contributed by atoms with Crippen LogP contribution in [0.5, 0.6) is 5.75 Å². The molecular weight excluding hydrogens is 248 g/mol. The molecule has 0 saturated heterocycles. The number of anilines is 1. The fourth-order valence-corrected chi connectivity index (χ4v) is 2.27. The largest absolute Gasteiger partial charge is 0.496 e. The van der Waals surface area contributed by atoms with E-state index in [4.69, 9.17) is 10.5 Å². The van der Waals surface area contributed by atoms with Crippen LogP contribution in [0.1, 0.15) is 21.6 Å². The summed E-state index contributed by atoms with van der Waals surface area (Å²) in [5.41, 5.74) is 7.86. The Balaban J connectivity index is 2.25. The van der Waals surface area contributed by atoms with Gasteiger partial charge in [0.05, 0.1) is 24.8 Å². The van der Waals surface area contributed by atoms with Crippen LogP contribution in [0.2, 0.25) is 0 Å². The molecular formula is C13H14N2O2S. The number of Topliss-reactive ketones (excluding diaryl/α,β-unsaturated/α-hetero) is 1. The van der Waals surface area contributed by atoms with Gasteiger partial charge in [-0.25, -0.2) is 4.98 Å².